The standard InChI is InChI=1S/C8H7ClFNO2S/c9-14(12,13)8-2-7(8)5-1-6(10)4-11-3-5/h1,3-4,7-8H,2H2. The summed E-state index contributed by atoms with van der Waals surface area (Å²) >= 11 is 0. The van der Waals surface area contributed by atoms with Crippen molar-refractivity contribution in [2.75, 3.05) is 0 Å². The fourth-order valence-electron chi connectivity index (χ4n) is 1.46. The van der Waals surface area contributed by atoms with Gasteiger partial charge < -0.3 is 0 Å². The van der Waals surface area contributed by atoms with Gasteiger partial charge in [0.05, 0.1) is 11.4 Å². The Kier molecular flexibility index (Phi) is 2.23. The highest BCUT2D eigenvalue weighted by Crippen LogP contribution is 2.47. The third-order valence-corrected chi connectivity index (χ3v) is 4.18. The number of aromatic nitrogens is 1. The van der Waals surface area contributed by atoms with Crippen molar-refractivity contribution >= 4 is 19.7 Å². The van der Waals surface area contributed by atoms with Gasteiger partial charge in [-0.05, 0) is 18.1 Å². The molecule has 1 fully saturated rings. The van der Waals surface area contributed by atoms with E-state index in [1.807, 2.05) is 0 Å². The Morgan fingerprint density at radius 2 is 2.21 bits per heavy atom. The van der Waals surface area contributed by atoms with Crippen LogP contribution in [0.1, 0.15) is 17.9 Å². The van der Waals surface area contributed by atoms with Gasteiger partial charge in [0.25, 0.3) is 0 Å². The van der Waals surface area contributed by atoms with Crippen LogP contribution in [0.5, 0.6) is 0 Å². The lowest BCUT2D eigenvalue weighted by atomic mass is 10.2. The SMILES string of the molecule is O=S(=O)(Cl)C1CC1c1cncc(F)c1. The van der Waals surface area contributed by atoms with Gasteiger partial charge in [-0.2, -0.15) is 0 Å². The number of hydrogen-bond donors (Lipinski definition) is 0. The van der Waals surface area contributed by atoms with E-state index in [9.17, 15) is 12.8 Å². The molecule has 0 radical (unpaired) electrons. The maximum Gasteiger partial charge on any atom is 0.236 e. The molecule has 0 spiro atoms. The zero-order chi connectivity index (χ0) is 10.3. The summed E-state index contributed by atoms with van der Waals surface area (Å²) in [5.41, 5.74) is 0.597. The first kappa shape index (κ1) is 9.86. The quantitative estimate of drug-likeness (QED) is 0.733. The van der Waals surface area contributed by atoms with Crippen LogP contribution in [0.4, 0.5) is 4.39 Å². The van der Waals surface area contributed by atoms with E-state index in [0.717, 1.165) is 6.20 Å². The first-order chi connectivity index (χ1) is 6.48. The van der Waals surface area contributed by atoms with E-state index in [4.69, 9.17) is 10.7 Å². The second-order valence-electron chi connectivity index (χ2n) is 3.29. The van der Waals surface area contributed by atoms with E-state index in [0.29, 0.717) is 12.0 Å². The van der Waals surface area contributed by atoms with Crippen LogP contribution < -0.4 is 0 Å². The van der Waals surface area contributed by atoms with Crippen molar-refractivity contribution in [1.82, 2.24) is 4.98 Å². The number of rotatable bonds is 2. The van der Waals surface area contributed by atoms with Gasteiger partial charge in [0, 0.05) is 22.8 Å². The first-order valence-electron chi connectivity index (χ1n) is 4.02. The largest absolute Gasteiger partial charge is 0.261 e. The van der Waals surface area contributed by atoms with E-state index >= 15 is 0 Å². The number of nitrogens with zero attached hydrogens (tertiary/aromatic N) is 1. The summed E-state index contributed by atoms with van der Waals surface area (Å²) in [4.78, 5) is 3.65. The van der Waals surface area contributed by atoms with E-state index in [1.54, 1.807) is 0 Å². The molecule has 1 aliphatic rings. The van der Waals surface area contributed by atoms with Crippen LogP contribution in [0.2, 0.25) is 0 Å². The lowest BCUT2D eigenvalue weighted by Gasteiger charge is -1.97. The highest BCUT2D eigenvalue weighted by molar-refractivity contribution is 8.14. The van der Waals surface area contributed by atoms with E-state index in [-0.39, 0.29) is 5.92 Å². The van der Waals surface area contributed by atoms with E-state index in [2.05, 4.69) is 4.98 Å². The summed E-state index contributed by atoms with van der Waals surface area (Å²) in [7, 11) is 1.66. The maximum absolute atomic E-state index is 12.7. The van der Waals surface area contributed by atoms with Crippen LogP contribution in [0, 0.1) is 5.82 Å². The fraction of sp³-hybridized carbons (Fsp3) is 0.375. The first-order valence-corrected chi connectivity index (χ1v) is 6.39. The van der Waals surface area contributed by atoms with Gasteiger partial charge in [-0.15, -0.1) is 0 Å². The molecular formula is C8H7ClFNO2S. The molecule has 14 heavy (non-hydrogen) atoms. The fourth-order valence-corrected chi connectivity index (χ4v) is 3.04. The third-order valence-electron chi connectivity index (χ3n) is 2.25. The van der Waals surface area contributed by atoms with Gasteiger partial charge in [0.15, 0.2) is 0 Å². The van der Waals surface area contributed by atoms with Gasteiger partial charge in [-0.1, -0.05) is 0 Å². The molecule has 0 bridgehead atoms. The Labute approximate surface area is 85.3 Å². The molecular weight excluding hydrogens is 229 g/mol. The second kappa shape index (κ2) is 3.17. The number of pyridine rings is 1. The van der Waals surface area contributed by atoms with Gasteiger partial charge >= 0.3 is 0 Å². The Hall–Kier alpha value is -0.680. The molecule has 1 saturated carbocycles. The molecule has 0 aliphatic heterocycles. The van der Waals surface area contributed by atoms with Gasteiger partial charge in [0.1, 0.15) is 5.82 Å². The van der Waals surface area contributed by atoms with Crippen molar-refractivity contribution in [3.05, 3.63) is 29.8 Å². The van der Waals surface area contributed by atoms with Gasteiger partial charge in [-0.3, -0.25) is 4.98 Å². The number of hydrogen-bond acceptors (Lipinski definition) is 3. The van der Waals surface area contributed by atoms with E-state index in [1.165, 1.54) is 12.3 Å². The average Bonchev–Trinajstić information content (AvgIpc) is 2.81. The highest BCUT2D eigenvalue weighted by Gasteiger charge is 2.47. The monoisotopic (exact) mass is 235 g/mol. The van der Waals surface area contributed by atoms with Crippen LogP contribution >= 0.6 is 10.7 Å². The molecule has 1 aromatic heterocycles. The molecule has 0 saturated heterocycles. The number of halogens is 2. The zero-order valence-corrected chi connectivity index (χ0v) is 8.59. The molecule has 1 heterocycles. The van der Waals surface area contributed by atoms with Crippen LogP contribution in [-0.2, 0) is 9.05 Å². The Balaban J connectivity index is 2.22. The summed E-state index contributed by atoms with van der Waals surface area (Å²) in [5, 5.41) is -0.576. The smallest absolute Gasteiger partial charge is 0.236 e. The molecule has 0 aromatic carbocycles. The maximum atomic E-state index is 12.7. The zero-order valence-electron chi connectivity index (χ0n) is 7.02. The van der Waals surface area contributed by atoms with Crippen LogP contribution in [0.3, 0.4) is 0 Å². The molecule has 0 N–H and O–H groups in total. The van der Waals surface area contributed by atoms with Gasteiger partial charge in [0.2, 0.25) is 9.05 Å². The Morgan fingerprint density at radius 3 is 2.71 bits per heavy atom. The van der Waals surface area contributed by atoms with Crippen LogP contribution in [-0.4, -0.2) is 18.7 Å². The molecule has 6 heteroatoms. The average molecular weight is 236 g/mol. The third kappa shape index (κ3) is 1.88. The summed E-state index contributed by atoms with van der Waals surface area (Å²) < 4.78 is 34.6. The molecule has 0 amide bonds. The van der Waals surface area contributed by atoms with Crippen molar-refractivity contribution in [2.45, 2.75) is 17.6 Å². The Bertz CT molecular complexity index is 462. The summed E-state index contributed by atoms with van der Waals surface area (Å²) in [6, 6.07) is 1.29. The van der Waals surface area contributed by atoms with Crippen molar-refractivity contribution in [1.29, 1.82) is 0 Å². The van der Waals surface area contributed by atoms with Crippen molar-refractivity contribution in [3.63, 3.8) is 0 Å². The molecule has 3 nitrogen and oxygen atoms in total. The molecule has 2 rings (SSSR count). The topological polar surface area (TPSA) is 47.0 Å². The normalized spacial score (nSPS) is 26.1. The lowest BCUT2D eigenvalue weighted by molar-refractivity contribution is 0.606. The Morgan fingerprint density at radius 1 is 1.50 bits per heavy atom. The lowest BCUT2D eigenvalue weighted by Crippen LogP contribution is -1.99. The van der Waals surface area contributed by atoms with E-state index < -0.39 is 20.1 Å². The highest BCUT2D eigenvalue weighted by atomic mass is 35.7. The predicted octanol–water partition coefficient (Wildman–Crippen LogP) is 1.65. The summed E-state index contributed by atoms with van der Waals surface area (Å²) in [6.45, 7) is 0. The van der Waals surface area contributed by atoms with Crippen molar-refractivity contribution < 1.29 is 12.8 Å². The summed E-state index contributed by atoms with van der Waals surface area (Å²) in [6.07, 6.45) is 3.00. The minimum atomic E-state index is -3.52. The molecule has 2 unspecified atom stereocenters. The minimum Gasteiger partial charge on any atom is -0.261 e. The minimum absolute atomic E-state index is 0.194. The molecule has 1 aromatic rings. The summed E-state index contributed by atoms with van der Waals surface area (Å²) in [5.74, 6) is -0.652. The van der Waals surface area contributed by atoms with Crippen molar-refractivity contribution in [2.24, 2.45) is 0 Å². The van der Waals surface area contributed by atoms with Crippen LogP contribution in [0.15, 0.2) is 18.5 Å². The van der Waals surface area contributed by atoms with Crippen molar-refractivity contribution in [3.8, 4) is 0 Å². The molecule has 76 valence electrons. The van der Waals surface area contributed by atoms with Crippen LogP contribution in [0.25, 0.3) is 0 Å². The van der Waals surface area contributed by atoms with Gasteiger partial charge in [-0.25, -0.2) is 12.8 Å². The molecule has 1 aliphatic carbocycles. The predicted molar refractivity (Wildman–Crippen MR) is 50.1 cm³/mol. The molecule has 2 atom stereocenters. The second-order valence-corrected chi connectivity index (χ2v) is 6.14.